The van der Waals surface area contributed by atoms with Crippen LogP contribution >= 0.6 is 11.3 Å². The molecule has 2 fully saturated rings. The number of likely N-dealkylation sites (tertiary alicyclic amines) is 1. The Morgan fingerprint density at radius 1 is 1.38 bits per heavy atom. The number of hydrogen-bond acceptors (Lipinski definition) is 5. The molecule has 7 heteroatoms. The number of aromatic nitrogens is 1. The van der Waals surface area contributed by atoms with Crippen LogP contribution in [0.3, 0.4) is 0 Å². The van der Waals surface area contributed by atoms with Gasteiger partial charge < -0.3 is 14.6 Å². The standard InChI is InChI=1S/C22H28N4O2S/c1-15-16(2)26(13-17-6-4-10-28-17)22(18(15)12-23)24-21(27)14-25-9-3-7-19(25)20-8-5-11-29-20/h5,8,11,17,19H,3-4,6-7,9-10,13-14H2,1-2H3,(H,24,27)/t17-,19+/m1/s1. The van der Waals surface area contributed by atoms with Gasteiger partial charge in [-0.2, -0.15) is 5.26 Å². The minimum atomic E-state index is -0.0592. The molecule has 2 aliphatic heterocycles. The molecule has 4 rings (SSSR count). The molecule has 2 aromatic heterocycles. The lowest BCUT2D eigenvalue weighted by Crippen LogP contribution is -2.33. The van der Waals surface area contributed by atoms with E-state index in [0.717, 1.165) is 50.1 Å². The summed E-state index contributed by atoms with van der Waals surface area (Å²) in [6, 6.07) is 6.83. The van der Waals surface area contributed by atoms with Crippen molar-refractivity contribution < 1.29 is 9.53 Å². The number of rotatable bonds is 6. The number of thiophene rings is 1. The molecule has 2 aromatic rings. The second kappa shape index (κ2) is 8.70. The van der Waals surface area contributed by atoms with Crippen molar-refractivity contribution in [1.82, 2.24) is 9.47 Å². The van der Waals surface area contributed by atoms with E-state index in [0.29, 0.717) is 30.5 Å². The van der Waals surface area contributed by atoms with Gasteiger partial charge in [-0.3, -0.25) is 9.69 Å². The van der Waals surface area contributed by atoms with Crippen LogP contribution in [0.15, 0.2) is 17.5 Å². The van der Waals surface area contributed by atoms with Crippen LogP contribution in [-0.4, -0.2) is 41.2 Å². The van der Waals surface area contributed by atoms with Crippen molar-refractivity contribution in [2.24, 2.45) is 0 Å². The highest BCUT2D eigenvalue weighted by molar-refractivity contribution is 7.10. The van der Waals surface area contributed by atoms with Gasteiger partial charge >= 0.3 is 0 Å². The van der Waals surface area contributed by atoms with Gasteiger partial charge in [-0.25, -0.2) is 0 Å². The molecular weight excluding hydrogens is 384 g/mol. The molecule has 29 heavy (non-hydrogen) atoms. The number of amides is 1. The van der Waals surface area contributed by atoms with Gasteiger partial charge in [-0.05, 0) is 63.1 Å². The summed E-state index contributed by atoms with van der Waals surface area (Å²) in [6.07, 6.45) is 4.42. The van der Waals surface area contributed by atoms with E-state index in [1.807, 2.05) is 13.8 Å². The van der Waals surface area contributed by atoms with E-state index in [-0.39, 0.29) is 12.0 Å². The van der Waals surface area contributed by atoms with Crippen molar-refractivity contribution in [3.63, 3.8) is 0 Å². The molecule has 6 nitrogen and oxygen atoms in total. The summed E-state index contributed by atoms with van der Waals surface area (Å²) >= 11 is 1.75. The molecule has 0 aliphatic carbocycles. The number of carbonyl (C=O) groups is 1. The lowest BCUT2D eigenvalue weighted by atomic mass is 10.2. The zero-order chi connectivity index (χ0) is 20.4. The fourth-order valence-electron chi connectivity index (χ4n) is 4.53. The first-order valence-corrected chi connectivity index (χ1v) is 11.2. The summed E-state index contributed by atoms with van der Waals surface area (Å²) in [6.45, 7) is 6.69. The number of ether oxygens (including phenoxy) is 1. The van der Waals surface area contributed by atoms with Crippen molar-refractivity contribution in [2.75, 3.05) is 25.0 Å². The average Bonchev–Trinajstić information content (AvgIpc) is 3.48. The number of nitrogens with one attached hydrogen (secondary N) is 1. The molecule has 4 heterocycles. The quantitative estimate of drug-likeness (QED) is 0.779. The third-order valence-electron chi connectivity index (χ3n) is 6.19. The zero-order valence-corrected chi connectivity index (χ0v) is 17.9. The van der Waals surface area contributed by atoms with Crippen LogP contribution in [0.1, 0.15) is 53.4 Å². The Morgan fingerprint density at radius 3 is 2.93 bits per heavy atom. The summed E-state index contributed by atoms with van der Waals surface area (Å²) in [4.78, 5) is 16.5. The third kappa shape index (κ3) is 4.11. The summed E-state index contributed by atoms with van der Waals surface area (Å²) in [5, 5.41) is 14.9. The molecule has 0 spiro atoms. The van der Waals surface area contributed by atoms with Crippen LogP contribution < -0.4 is 5.32 Å². The molecule has 1 N–H and O–H groups in total. The first-order chi connectivity index (χ1) is 14.1. The smallest absolute Gasteiger partial charge is 0.239 e. The molecule has 154 valence electrons. The molecule has 2 atom stereocenters. The van der Waals surface area contributed by atoms with Gasteiger partial charge in [-0.1, -0.05) is 6.07 Å². The maximum absolute atomic E-state index is 13.0. The Morgan fingerprint density at radius 2 is 2.24 bits per heavy atom. The van der Waals surface area contributed by atoms with E-state index in [2.05, 4.69) is 38.4 Å². The van der Waals surface area contributed by atoms with Gasteiger partial charge in [0, 0.05) is 23.2 Å². The van der Waals surface area contributed by atoms with Gasteiger partial charge in [0.2, 0.25) is 5.91 Å². The monoisotopic (exact) mass is 412 g/mol. The predicted octanol–water partition coefficient (Wildman–Crippen LogP) is 3.99. The van der Waals surface area contributed by atoms with Crippen LogP contribution in [0, 0.1) is 25.2 Å². The maximum atomic E-state index is 13.0. The van der Waals surface area contributed by atoms with E-state index < -0.39 is 0 Å². The topological polar surface area (TPSA) is 70.3 Å². The molecule has 2 aliphatic rings. The fraction of sp³-hybridized carbons (Fsp3) is 0.545. The Hall–Kier alpha value is -2.14. The minimum Gasteiger partial charge on any atom is -0.376 e. The van der Waals surface area contributed by atoms with Gasteiger partial charge in [0.1, 0.15) is 11.9 Å². The van der Waals surface area contributed by atoms with E-state index in [1.165, 1.54) is 4.88 Å². The number of nitrogens with zero attached hydrogens (tertiary/aromatic N) is 3. The summed E-state index contributed by atoms with van der Waals surface area (Å²) < 4.78 is 7.85. The summed E-state index contributed by atoms with van der Waals surface area (Å²) in [7, 11) is 0. The first-order valence-electron chi connectivity index (χ1n) is 10.4. The molecule has 0 aromatic carbocycles. The Bertz CT molecular complexity index is 906. The van der Waals surface area contributed by atoms with Gasteiger partial charge in [-0.15, -0.1) is 11.3 Å². The van der Waals surface area contributed by atoms with Crippen molar-refractivity contribution in [1.29, 1.82) is 5.26 Å². The summed E-state index contributed by atoms with van der Waals surface area (Å²) in [5.74, 6) is 0.561. The highest BCUT2D eigenvalue weighted by Gasteiger charge is 2.29. The van der Waals surface area contributed by atoms with E-state index in [9.17, 15) is 10.1 Å². The zero-order valence-electron chi connectivity index (χ0n) is 17.1. The highest BCUT2D eigenvalue weighted by Crippen LogP contribution is 2.34. The van der Waals surface area contributed by atoms with Crippen molar-refractivity contribution in [3.8, 4) is 6.07 Å². The van der Waals surface area contributed by atoms with Crippen molar-refractivity contribution >= 4 is 23.1 Å². The molecular formula is C22H28N4O2S. The molecule has 0 radical (unpaired) electrons. The van der Waals surface area contributed by atoms with E-state index in [4.69, 9.17) is 4.74 Å². The highest BCUT2D eigenvalue weighted by atomic mass is 32.1. The van der Waals surface area contributed by atoms with Crippen molar-refractivity contribution in [3.05, 3.63) is 39.2 Å². The molecule has 0 bridgehead atoms. The minimum absolute atomic E-state index is 0.0592. The number of anilines is 1. The largest absolute Gasteiger partial charge is 0.376 e. The van der Waals surface area contributed by atoms with Crippen LogP contribution in [0.2, 0.25) is 0 Å². The SMILES string of the molecule is Cc1c(C#N)c(NC(=O)CN2CCC[C@H]2c2cccs2)n(C[C@H]2CCCO2)c1C. The number of nitriles is 1. The second-order valence-electron chi connectivity index (χ2n) is 7.98. The van der Waals surface area contributed by atoms with Crippen LogP contribution in [0.5, 0.6) is 0 Å². The second-order valence-corrected chi connectivity index (χ2v) is 8.96. The summed E-state index contributed by atoms with van der Waals surface area (Å²) in [5.41, 5.74) is 2.51. The van der Waals surface area contributed by atoms with Gasteiger partial charge in [0.05, 0.1) is 24.8 Å². The lowest BCUT2D eigenvalue weighted by molar-refractivity contribution is -0.117. The Balaban J connectivity index is 1.51. The fourth-order valence-corrected chi connectivity index (χ4v) is 5.42. The van der Waals surface area contributed by atoms with Crippen LogP contribution in [0.4, 0.5) is 5.82 Å². The lowest BCUT2D eigenvalue weighted by Gasteiger charge is -2.23. The molecule has 2 saturated heterocycles. The predicted molar refractivity (Wildman–Crippen MR) is 114 cm³/mol. The van der Waals surface area contributed by atoms with Crippen molar-refractivity contribution in [2.45, 2.75) is 58.2 Å². The van der Waals surface area contributed by atoms with Crippen LogP contribution in [0.25, 0.3) is 0 Å². The molecule has 0 unspecified atom stereocenters. The Kier molecular flexibility index (Phi) is 6.04. The van der Waals surface area contributed by atoms with E-state index >= 15 is 0 Å². The molecule has 1 amide bonds. The Labute approximate surface area is 176 Å². The maximum Gasteiger partial charge on any atom is 0.239 e. The van der Waals surface area contributed by atoms with E-state index in [1.54, 1.807) is 11.3 Å². The molecule has 0 saturated carbocycles. The average molecular weight is 413 g/mol. The number of hydrogen-bond donors (Lipinski definition) is 1. The first kappa shape index (κ1) is 20.1. The van der Waals surface area contributed by atoms with Crippen LogP contribution in [-0.2, 0) is 16.1 Å². The number of carbonyl (C=O) groups excluding carboxylic acids is 1. The van der Waals surface area contributed by atoms with Gasteiger partial charge in [0.25, 0.3) is 0 Å². The van der Waals surface area contributed by atoms with Gasteiger partial charge in [0.15, 0.2) is 0 Å². The third-order valence-corrected chi connectivity index (χ3v) is 7.16. The normalized spacial score (nSPS) is 22.1.